The summed E-state index contributed by atoms with van der Waals surface area (Å²) in [5.41, 5.74) is 14.7. The standard InChI is InChI=1S/2C24H22F2N.2C11H6F2N.2C5H10.4CH3.2Ir.H2N.2Os/c1-15-11-19(17-5-3-4-6-17)12-16(2)24(15)18-7-10-23(27-14-18)21-9-8-20(25)13-22(21)26;1-15-11-19(17-5-3-4-6-17)12-16(2)24(15)18-9-10-27-23(13-18)21-8-7-20(25)14-22(21)26;2*12-8-4-5-9(10(13)7-8)11-3-1-2-6-14-11;2*1-2-4-5-3-1;;;;;;;;;/h7-8,10-14,17H,3-6H2,1-2H3;7,9-14,17H,3-6H2,1-2H3;2*1-4,6-7H;2*1-5H2;4*1H3;;;1H2;;/q4*-1;;;4*-1;;+3;-1;2*+2. The number of pyridine rings is 4. The third-order valence-electron chi connectivity index (χ3n) is 17.1. The van der Waals surface area contributed by atoms with Crippen molar-refractivity contribution in [1.29, 1.82) is 0 Å². The predicted octanol–water partition coefficient (Wildman–Crippen LogP) is 25.6. The van der Waals surface area contributed by atoms with E-state index < -0.39 is 46.5 Å². The van der Waals surface area contributed by atoms with Gasteiger partial charge in [-0.2, -0.15) is 0 Å². The summed E-state index contributed by atoms with van der Waals surface area (Å²) in [6.45, 7) is 8.54. The van der Waals surface area contributed by atoms with Gasteiger partial charge in [0.25, 0.3) is 0 Å². The first-order chi connectivity index (χ1) is 44.6. The Morgan fingerprint density at radius 2 is 0.634 bits per heavy atom. The normalized spacial score (nSPS) is 13.0. The fourth-order valence-electron chi connectivity index (χ4n) is 12.7. The van der Waals surface area contributed by atoms with E-state index in [1.54, 1.807) is 67.3 Å². The Bertz CT molecular complexity index is 3860. The third kappa shape index (κ3) is 27.5. The van der Waals surface area contributed by atoms with E-state index in [9.17, 15) is 35.1 Å². The van der Waals surface area contributed by atoms with Gasteiger partial charge in [-0.25, -0.2) is 0 Å². The summed E-state index contributed by atoms with van der Waals surface area (Å²) in [4.78, 5) is 16.6. The van der Waals surface area contributed by atoms with Crippen LogP contribution in [-0.4, -0.2) is 19.9 Å². The topological polar surface area (TPSA) is 85.1 Å². The molecule has 4 fully saturated rings. The SMILES string of the molecule is C1CCCC1.C1CCCC1.Cc1cc(C2CCCC2)cc(C)c1-c1ccc(-c2[c-]cc(F)cc2F)nc1.Cc1cc(C2CCCC2)cc(C)c1-c1ccnc(-c2[c-]cc(F)cc2F)c1.Fc1c[c-]c(-c2ccccn2)c(F)c1.Fc1c[c-]c(-c2ccccn2)c(F)c1.[CH3-].[CH3-].[CH3-].[CH3-].[Ir+3].[Ir].[NH2-].[Os+2].[Os+2]. The average molecular weight is 2090 g/mol. The summed E-state index contributed by atoms with van der Waals surface area (Å²) in [5.74, 6) is -3.78. The van der Waals surface area contributed by atoms with Crippen LogP contribution in [0.2, 0.25) is 0 Å². The molecule has 1 radical (unpaired) electrons. The van der Waals surface area contributed by atoms with Crippen LogP contribution in [0.15, 0.2) is 158 Å². The molecule has 4 heterocycles. The molecule has 4 aromatic heterocycles. The number of rotatable bonds is 8. The summed E-state index contributed by atoms with van der Waals surface area (Å²) in [7, 11) is 0. The fourth-order valence-corrected chi connectivity index (χ4v) is 12.7. The van der Waals surface area contributed by atoms with E-state index in [4.69, 9.17) is 0 Å². The van der Waals surface area contributed by atoms with Crippen LogP contribution < -0.4 is 0 Å². The molecule has 4 saturated carbocycles. The van der Waals surface area contributed by atoms with Crippen LogP contribution in [0.1, 0.15) is 161 Å². The number of aryl methyl sites for hydroxylation is 4. The van der Waals surface area contributed by atoms with E-state index >= 15 is 0 Å². The van der Waals surface area contributed by atoms with Crippen LogP contribution in [0, 0.1) is 128 Å². The zero-order valence-corrected chi connectivity index (χ0v) is 68.5. The molecule has 4 aliphatic carbocycles. The Morgan fingerprint density at radius 1 is 0.337 bits per heavy atom. The third-order valence-corrected chi connectivity index (χ3v) is 17.1. The molecule has 0 bridgehead atoms. The van der Waals surface area contributed by atoms with E-state index in [0.29, 0.717) is 34.6 Å². The average Bonchev–Trinajstić information content (AvgIpc) is 1.39. The van der Waals surface area contributed by atoms with Crippen molar-refractivity contribution < 1.29 is 115 Å². The molecule has 0 unspecified atom stereocenters. The van der Waals surface area contributed by atoms with E-state index in [-0.39, 0.29) is 138 Å². The largest absolute Gasteiger partial charge is 3.00 e. The van der Waals surface area contributed by atoms with Crippen molar-refractivity contribution in [2.24, 2.45) is 0 Å². The van der Waals surface area contributed by atoms with Gasteiger partial charge >= 0.3 is 59.7 Å². The van der Waals surface area contributed by atoms with Gasteiger partial charge in [-0.3, -0.25) is 35.1 Å². The molecule has 4 aliphatic rings. The summed E-state index contributed by atoms with van der Waals surface area (Å²) in [6, 6.07) is 45.1. The molecule has 0 amide bonds. The molecular formula is C84H90F8Ir2N5Os2-2. The first kappa shape index (κ1) is 94.9. The molecule has 0 spiro atoms. The van der Waals surface area contributed by atoms with Gasteiger partial charge < -0.3 is 55.8 Å². The maximum Gasteiger partial charge on any atom is 3.00 e. The number of nitrogens with zero attached hydrogens (tertiary/aromatic N) is 4. The Kier molecular flexibility index (Phi) is 45.1. The van der Waals surface area contributed by atoms with Gasteiger partial charge in [0.2, 0.25) is 0 Å². The smallest absolute Gasteiger partial charge is 0.693 e. The quantitative estimate of drug-likeness (QED) is 0.112. The zero-order chi connectivity index (χ0) is 64.9. The minimum absolute atomic E-state index is 0. The molecule has 5 nitrogen and oxygen atoms in total. The van der Waals surface area contributed by atoms with Gasteiger partial charge in [-0.05, 0) is 162 Å². The molecule has 543 valence electrons. The molecule has 10 aromatic rings. The van der Waals surface area contributed by atoms with Gasteiger partial charge in [0.15, 0.2) is 0 Å². The van der Waals surface area contributed by atoms with Crippen LogP contribution in [0.4, 0.5) is 35.1 Å². The van der Waals surface area contributed by atoms with Crippen LogP contribution in [0.3, 0.4) is 0 Å². The number of nitrogens with two attached hydrogens (primary N) is 1. The molecular weight excluding hydrogens is 2000 g/mol. The second kappa shape index (κ2) is 48.0. The summed E-state index contributed by atoms with van der Waals surface area (Å²) in [6.07, 6.45) is 31.9. The van der Waals surface area contributed by atoms with E-state index in [2.05, 4.69) is 96.2 Å². The van der Waals surface area contributed by atoms with Crippen molar-refractivity contribution in [2.45, 2.75) is 155 Å². The van der Waals surface area contributed by atoms with Gasteiger partial charge in [-0.15, -0.1) is 48.5 Å². The van der Waals surface area contributed by atoms with Crippen LogP contribution in [-0.2, 0) is 79.8 Å². The van der Waals surface area contributed by atoms with E-state index in [0.717, 1.165) is 65.2 Å². The monoisotopic (exact) mass is 2090 g/mol. The molecule has 2 N–H and O–H groups in total. The minimum Gasteiger partial charge on any atom is -0.693 e. The van der Waals surface area contributed by atoms with Gasteiger partial charge in [-0.1, -0.05) is 203 Å². The molecule has 6 aromatic carbocycles. The van der Waals surface area contributed by atoms with E-state index in [1.165, 1.54) is 155 Å². The Labute approximate surface area is 650 Å². The van der Waals surface area contributed by atoms with E-state index in [1.807, 2.05) is 18.2 Å². The van der Waals surface area contributed by atoms with Crippen LogP contribution in [0.5, 0.6) is 0 Å². The minimum atomic E-state index is -0.650. The molecule has 0 saturated heterocycles. The predicted molar refractivity (Wildman–Crippen MR) is 383 cm³/mol. The van der Waals surface area contributed by atoms with Gasteiger partial charge in [0, 0.05) is 91.4 Å². The maximum absolute atomic E-state index is 14.1. The number of aromatic nitrogens is 4. The number of halogens is 8. The van der Waals surface area contributed by atoms with Crippen LogP contribution >= 0.6 is 0 Å². The Balaban J connectivity index is 0.00000126. The maximum atomic E-state index is 14.1. The number of hydrogen-bond donors (Lipinski definition) is 0. The first-order valence-corrected chi connectivity index (χ1v) is 32.1. The second-order valence-electron chi connectivity index (χ2n) is 24.0. The van der Waals surface area contributed by atoms with Crippen molar-refractivity contribution >= 4 is 0 Å². The number of hydrogen-bond acceptors (Lipinski definition) is 4. The molecule has 17 heteroatoms. The van der Waals surface area contributed by atoms with Crippen molar-refractivity contribution in [3.63, 3.8) is 0 Å². The fraction of sp³-hybridized carbons (Fsp3) is 0.286. The second-order valence-corrected chi connectivity index (χ2v) is 24.0. The first-order valence-electron chi connectivity index (χ1n) is 32.1. The van der Waals surface area contributed by atoms with Crippen molar-refractivity contribution in [1.82, 2.24) is 19.9 Å². The van der Waals surface area contributed by atoms with Crippen molar-refractivity contribution in [3.8, 4) is 67.3 Å². The zero-order valence-electron chi connectivity index (χ0n) is 58.7. The number of benzene rings is 6. The van der Waals surface area contributed by atoms with Crippen LogP contribution in [0.25, 0.3) is 73.4 Å². The van der Waals surface area contributed by atoms with Crippen molar-refractivity contribution in [3.05, 3.63) is 298 Å². The molecule has 101 heavy (non-hydrogen) atoms. The molecule has 14 rings (SSSR count). The summed E-state index contributed by atoms with van der Waals surface area (Å²) < 4.78 is 106. The van der Waals surface area contributed by atoms with Gasteiger partial charge in [0.1, 0.15) is 0 Å². The summed E-state index contributed by atoms with van der Waals surface area (Å²) in [5, 5.41) is 0. The molecule has 0 atom stereocenters. The molecule has 0 aliphatic heterocycles. The van der Waals surface area contributed by atoms with Gasteiger partial charge in [0.05, 0.1) is 0 Å². The Hall–Kier alpha value is -6.11. The van der Waals surface area contributed by atoms with Crippen molar-refractivity contribution in [2.75, 3.05) is 0 Å². The summed E-state index contributed by atoms with van der Waals surface area (Å²) >= 11 is 0. The Morgan fingerprint density at radius 3 is 0.921 bits per heavy atom.